The number of hydrogen-bond donors (Lipinski definition) is 3. The van der Waals surface area contributed by atoms with E-state index in [1.54, 1.807) is 0 Å². The minimum Gasteiger partial charge on any atom is -0.457 e. The molecule has 42 heavy (non-hydrogen) atoms. The summed E-state index contributed by atoms with van der Waals surface area (Å²) in [4.78, 5) is -0.274. The summed E-state index contributed by atoms with van der Waals surface area (Å²) in [5, 5.41) is 2.76. The molecule has 0 aromatic heterocycles. The maximum absolute atomic E-state index is 13.3. The van der Waals surface area contributed by atoms with Crippen LogP contribution in [0.1, 0.15) is 11.1 Å². The van der Waals surface area contributed by atoms with Crippen LogP contribution in [0.3, 0.4) is 0 Å². The molecule has 4 aromatic rings. The zero-order chi connectivity index (χ0) is 30.7. The number of nitrogens with two attached hydrogens (primary N) is 2. The highest BCUT2D eigenvalue weighted by Gasteiger charge is 2.32. The van der Waals surface area contributed by atoms with Gasteiger partial charge < -0.3 is 26.3 Å². The number of anilines is 2. The lowest BCUT2D eigenvalue weighted by molar-refractivity contribution is -0.138. The van der Waals surface area contributed by atoms with Crippen LogP contribution >= 0.6 is 0 Å². The van der Waals surface area contributed by atoms with Crippen LogP contribution in [0.5, 0.6) is 23.0 Å². The first kappa shape index (κ1) is 30.5. The van der Waals surface area contributed by atoms with Gasteiger partial charge in [-0.3, -0.25) is 0 Å². The van der Waals surface area contributed by atoms with E-state index in [9.17, 15) is 34.8 Å². The van der Waals surface area contributed by atoms with Crippen molar-refractivity contribution in [1.29, 1.82) is 0 Å². The van der Waals surface area contributed by atoms with E-state index in [0.717, 1.165) is 24.3 Å². The molecular weight excluding hydrogens is 588 g/mol. The monoisotopic (exact) mass is 611 g/mol. The van der Waals surface area contributed by atoms with E-state index >= 15 is 0 Å². The Morgan fingerprint density at radius 3 is 1.55 bits per heavy atom. The third kappa shape index (κ3) is 7.44. The Morgan fingerprint density at radius 1 is 0.643 bits per heavy atom. The first-order valence-corrected chi connectivity index (χ1v) is 13.6. The molecule has 4 aromatic carbocycles. The Kier molecular flexibility index (Phi) is 8.59. The topological polar surface area (TPSA) is 117 Å². The largest absolute Gasteiger partial charge is 0.457 e. The summed E-state index contributed by atoms with van der Waals surface area (Å²) >= 11 is 0. The average molecular weight is 612 g/mol. The molecule has 0 bridgehead atoms. The molecule has 0 fully saturated rings. The molecule has 0 radical (unpaired) electrons. The van der Waals surface area contributed by atoms with Crippen molar-refractivity contribution in [3.8, 4) is 23.0 Å². The van der Waals surface area contributed by atoms with Crippen molar-refractivity contribution < 1.29 is 44.2 Å². The molecule has 222 valence electrons. The summed E-state index contributed by atoms with van der Waals surface area (Å²) in [5.41, 5.74) is 8.98. The molecule has 0 unspecified atom stereocenters. The van der Waals surface area contributed by atoms with Crippen molar-refractivity contribution in [3.05, 3.63) is 96.1 Å². The number of alkyl halides is 6. The number of benzene rings is 4. The SMILES string of the molecule is NCCNc1cc(Oc2ccc(S(=O)(=O)c3ccc(Oc4cc(N)cc(C(F)(F)F)c4)cc3)cc2)cc(C(F)(F)F)c1. The van der Waals surface area contributed by atoms with Gasteiger partial charge in [0, 0.05) is 36.6 Å². The lowest BCUT2D eigenvalue weighted by Crippen LogP contribution is -2.14. The number of ether oxygens (including phenoxy) is 2. The molecular formula is C28H23F6N3O4S. The summed E-state index contributed by atoms with van der Waals surface area (Å²) in [7, 11) is -4.04. The molecule has 0 aliphatic rings. The van der Waals surface area contributed by atoms with Crippen LogP contribution in [0.4, 0.5) is 37.7 Å². The lowest BCUT2D eigenvalue weighted by Gasteiger charge is -2.14. The quantitative estimate of drug-likeness (QED) is 0.137. The van der Waals surface area contributed by atoms with Crippen molar-refractivity contribution in [2.24, 2.45) is 5.73 Å². The van der Waals surface area contributed by atoms with E-state index in [4.69, 9.17) is 20.9 Å². The van der Waals surface area contributed by atoms with Crippen molar-refractivity contribution in [2.45, 2.75) is 22.1 Å². The van der Waals surface area contributed by atoms with Gasteiger partial charge in [0.15, 0.2) is 0 Å². The van der Waals surface area contributed by atoms with Crippen LogP contribution < -0.4 is 26.3 Å². The number of rotatable bonds is 9. The van der Waals surface area contributed by atoms with E-state index < -0.39 is 33.3 Å². The van der Waals surface area contributed by atoms with Gasteiger partial charge in [-0.25, -0.2) is 8.42 Å². The standard InChI is InChI=1S/C28H23F6N3O4S/c29-27(30,31)17-11-19(36)15-23(13-17)40-21-1-5-25(6-2-21)42(38,39)26-7-3-22(4-8-26)41-24-14-18(28(32,33)34)12-20(16-24)37-10-9-35/h1-8,11-16,37H,9-10,35-36H2. The van der Waals surface area contributed by atoms with Crippen molar-refractivity contribution in [1.82, 2.24) is 0 Å². The van der Waals surface area contributed by atoms with Gasteiger partial charge in [0.1, 0.15) is 23.0 Å². The summed E-state index contributed by atoms with van der Waals surface area (Å²) in [5.74, 6) is -0.158. The second-order valence-electron chi connectivity index (χ2n) is 8.90. The molecule has 0 spiro atoms. The minimum atomic E-state index is -4.64. The van der Waals surface area contributed by atoms with Gasteiger partial charge in [0.2, 0.25) is 9.84 Å². The second-order valence-corrected chi connectivity index (χ2v) is 10.8. The molecule has 7 nitrogen and oxygen atoms in total. The van der Waals surface area contributed by atoms with E-state index in [2.05, 4.69) is 5.32 Å². The van der Waals surface area contributed by atoms with Gasteiger partial charge in [-0.2, -0.15) is 26.3 Å². The lowest BCUT2D eigenvalue weighted by atomic mass is 10.1. The number of nitrogens with one attached hydrogen (secondary N) is 1. The fraction of sp³-hybridized carbons (Fsp3) is 0.143. The van der Waals surface area contributed by atoms with E-state index in [-0.39, 0.29) is 57.3 Å². The fourth-order valence-corrected chi connectivity index (χ4v) is 5.03. The molecule has 0 aliphatic carbocycles. The smallest absolute Gasteiger partial charge is 0.416 e. The van der Waals surface area contributed by atoms with Gasteiger partial charge in [-0.1, -0.05) is 0 Å². The maximum Gasteiger partial charge on any atom is 0.416 e. The summed E-state index contributed by atoms with van der Waals surface area (Å²) in [6.45, 7) is 0.434. The summed E-state index contributed by atoms with van der Waals surface area (Å²) < 4.78 is 116. The highest BCUT2D eigenvalue weighted by atomic mass is 32.2. The highest BCUT2D eigenvalue weighted by Crippen LogP contribution is 2.37. The maximum atomic E-state index is 13.3. The molecule has 14 heteroatoms. The molecule has 0 amide bonds. The Hall–Kier alpha value is -4.43. The molecule has 0 aliphatic heterocycles. The van der Waals surface area contributed by atoms with E-state index in [1.807, 2.05) is 0 Å². The van der Waals surface area contributed by atoms with Crippen LogP contribution in [0.2, 0.25) is 0 Å². The predicted octanol–water partition coefficient (Wildman–Crippen LogP) is 7.09. The zero-order valence-electron chi connectivity index (χ0n) is 21.5. The van der Waals surface area contributed by atoms with Gasteiger partial charge >= 0.3 is 12.4 Å². The first-order valence-electron chi connectivity index (χ1n) is 12.1. The van der Waals surface area contributed by atoms with E-state index in [1.165, 1.54) is 60.7 Å². The van der Waals surface area contributed by atoms with Crippen molar-refractivity contribution in [2.75, 3.05) is 24.1 Å². The van der Waals surface area contributed by atoms with Gasteiger partial charge in [-0.05, 0) is 72.8 Å². The molecule has 0 heterocycles. The Labute approximate surface area is 236 Å². The van der Waals surface area contributed by atoms with Crippen LogP contribution in [-0.2, 0) is 22.2 Å². The molecule has 5 N–H and O–H groups in total. The van der Waals surface area contributed by atoms with Gasteiger partial charge in [0.05, 0.1) is 20.9 Å². The van der Waals surface area contributed by atoms with Crippen LogP contribution in [0.15, 0.2) is 94.7 Å². The Morgan fingerprint density at radius 2 is 1.10 bits per heavy atom. The van der Waals surface area contributed by atoms with Crippen LogP contribution in [0, 0.1) is 0 Å². The first-order chi connectivity index (χ1) is 19.6. The van der Waals surface area contributed by atoms with Gasteiger partial charge in [0.25, 0.3) is 0 Å². The van der Waals surface area contributed by atoms with Crippen LogP contribution in [-0.4, -0.2) is 21.5 Å². The third-order valence-electron chi connectivity index (χ3n) is 5.70. The van der Waals surface area contributed by atoms with E-state index in [0.29, 0.717) is 0 Å². The number of sulfone groups is 1. The zero-order valence-corrected chi connectivity index (χ0v) is 22.3. The number of halogens is 6. The molecule has 0 saturated heterocycles. The molecule has 0 saturated carbocycles. The average Bonchev–Trinajstić information content (AvgIpc) is 2.91. The van der Waals surface area contributed by atoms with Crippen molar-refractivity contribution >= 4 is 21.2 Å². The third-order valence-corrected chi connectivity index (χ3v) is 7.49. The number of nitrogen functional groups attached to an aromatic ring is 1. The van der Waals surface area contributed by atoms with Crippen molar-refractivity contribution in [3.63, 3.8) is 0 Å². The molecule has 0 atom stereocenters. The minimum absolute atomic E-state index is 0.0674. The highest BCUT2D eigenvalue weighted by molar-refractivity contribution is 7.91. The number of hydrogen-bond acceptors (Lipinski definition) is 7. The normalized spacial score (nSPS) is 12.2. The fourth-order valence-electron chi connectivity index (χ4n) is 3.77. The van der Waals surface area contributed by atoms with Crippen LogP contribution in [0.25, 0.3) is 0 Å². The Balaban J connectivity index is 1.50. The molecule has 4 rings (SSSR count). The second kappa shape index (κ2) is 11.8. The summed E-state index contributed by atoms with van der Waals surface area (Å²) in [6, 6.07) is 15.8. The predicted molar refractivity (Wildman–Crippen MR) is 143 cm³/mol. The van der Waals surface area contributed by atoms with Gasteiger partial charge in [-0.15, -0.1) is 0 Å². The Bertz CT molecular complexity index is 1660. The summed E-state index contributed by atoms with van der Waals surface area (Å²) in [6.07, 6.45) is -9.26.